The molecule has 0 heterocycles. The van der Waals surface area contributed by atoms with E-state index in [9.17, 15) is 0 Å². The van der Waals surface area contributed by atoms with Crippen molar-refractivity contribution >= 4 is 78.2 Å². The van der Waals surface area contributed by atoms with Crippen LogP contribution >= 0.6 is 17.0 Å². The Morgan fingerprint density at radius 3 is 1.17 bits per heavy atom. The van der Waals surface area contributed by atoms with Crippen molar-refractivity contribution in [2.45, 2.75) is 48.0 Å². The van der Waals surface area contributed by atoms with Crippen molar-refractivity contribution in [2.24, 2.45) is 11.8 Å². The van der Waals surface area contributed by atoms with E-state index in [1.807, 2.05) is 0 Å². The first-order valence-corrected chi connectivity index (χ1v) is 37.4. The van der Waals surface area contributed by atoms with Crippen molar-refractivity contribution in [1.29, 1.82) is 0 Å². The molecule has 0 N–H and O–H groups in total. The van der Waals surface area contributed by atoms with Crippen molar-refractivity contribution in [3.63, 3.8) is 0 Å². The third-order valence-corrected chi connectivity index (χ3v) is 65.5. The summed E-state index contributed by atoms with van der Waals surface area (Å²) in [5, 5.41) is 10.2. The second-order valence-electron chi connectivity index (χ2n) is 17.8. The van der Waals surface area contributed by atoms with Gasteiger partial charge in [-0.05, 0) is 0 Å². The molecule has 0 spiro atoms. The fraction of sp³-hybridized carbons (Fsp3) is 0.185. The third kappa shape index (κ3) is 5.55. The Kier molecular flexibility index (Phi) is 9.23. The molecule has 8 aromatic carbocycles. The molecule has 4 heteroatoms. The van der Waals surface area contributed by atoms with Crippen LogP contribution in [0.1, 0.15) is 57.2 Å². The molecule has 0 aromatic heterocycles. The summed E-state index contributed by atoms with van der Waals surface area (Å²) in [6, 6.07) is 54.1. The molecule has 8 aromatic rings. The van der Waals surface area contributed by atoms with Crippen LogP contribution in [0.4, 0.5) is 0 Å². The Labute approximate surface area is 352 Å². The molecule has 0 saturated carbocycles. The van der Waals surface area contributed by atoms with Gasteiger partial charge in [-0.1, -0.05) is 0 Å². The van der Waals surface area contributed by atoms with Gasteiger partial charge in [0.1, 0.15) is 0 Å². The molecule has 0 bridgehead atoms. The van der Waals surface area contributed by atoms with Gasteiger partial charge in [0.25, 0.3) is 0 Å². The summed E-state index contributed by atoms with van der Waals surface area (Å²) in [5.74, 6) is -1.18. The van der Waals surface area contributed by atoms with E-state index in [1.54, 1.807) is 0 Å². The normalized spacial score (nSPS) is 17.3. The van der Waals surface area contributed by atoms with Gasteiger partial charge in [-0.15, -0.1) is 0 Å². The molecule has 0 amide bonds. The molecule has 58 heavy (non-hydrogen) atoms. The van der Waals surface area contributed by atoms with Crippen LogP contribution in [0, 0.1) is 11.8 Å². The SMILES string of the molecule is CC(C)C1=Cc2c(-c3cc4ccccc4c4ccccc34)cccc2[CH]1[Zr]([Cl])([Cl])([CH]1C(C(C)C)=Cc2c(-c3cc4ccccc4c4ccccc34)cccc21)[SiH](C)C. The van der Waals surface area contributed by atoms with Gasteiger partial charge >= 0.3 is 355 Å². The summed E-state index contributed by atoms with van der Waals surface area (Å²) in [4.78, 5) is 0. The maximum absolute atomic E-state index is 8.97. The molecule has 2 atom stereocenters. The monoisotopic (exact) mass is 885 g/mol. The van der Waals surface area contributed by atoms with E-state index in [0.29, 0.717) is 11.8 Å². The van der Waals surface area contributed by atoms with Crippen LogP contribution < -0.4 is 0 Å². The summed E-state index contributed by atoms with van der Waals surface area (Å²) in [6.07, 6.45) is 5.04. The number of halogens is 2. The van der Waals surface area contributed by atoms with E-state index in [4.69, 9.17) is 17.0 Å². The topological polar surface area (TPSA) is 0 Å². The molecule has 0 radical (unpaired) electrons. The van der Waals surface area contributed by atoms with Gasteiger partial charge in [-0.25, -0.2) is 0 Å². The van der Waals surface area contributed by atoms with E-state index in [0.717, 1.165) is 0 Å². The van der Waals surface area contributed by atoms with Crippen molar-refractivity contribution in [3.05, 3.63) is 179 Å². The van der Waals surface area contributed by atoms with Gasteiger partial charge < -0.3 is 0 Å². The van der Waals surface area contributed by atoms with Crippen molar-refractivity contribution in [1.82, 2.24) is 0 Å². The van der Waals surface area contributed by atoms with Gasteiger partial charge in [0.2, 0.25) is 0 Å². The number of hydrogen-bond acceptors (Lipinski definition) is 0. The first kappa shape index (κ1) is 38.2. The molecule has 2 aliphatic rings. The number of rotatable bonds is 7. The van der Waals surface area contributed by atoms with Crippen LogP contribution in [-0.2, 0) is 15.6 Å². The van der Waals surface area contributed by atoms with E-state index < -0.39 is 21.5 Å². The zero-order valence-electron chi connectivity index (χ0n) is 34.2. The summed E-state index contributed by atoms with van der Waals surface area (Å²) in [6.45, 7) is 14.4. The zero-order chi connectivity index (χ0) is 40.1. The van der Waals surface area contributed by atoms with Crippen LogP contribution in [0.15, 0.2) is 157 Å². The quantitative estimate of drug-likeness (QED) is 0.110. The Hall–Kier alpha value is -4.04. The molecule has 287 valence electrons. The van der Waals surface area contributed by atoms with Crippen LogP contribution in [0.2, 0.25) is 13.1 Å². The Bertz CT molecular complexity index is 2860. The average Bonchev–Trinajstić information content (AvgIpc) is 3.85. The van der Waals surface area contributed by atoms with Crippen molar-refractivity contribution in [2.75, 3.05) is 0 Å². The number of fused-ring (bicyclic) bond motifs is 8. The Morgan fingerprint density at radius 1 is 0.431 bits per heavy atom. The van der Waals surface area contributed by atoms with Crippen LogP contribution in [0.3, 0.4) is 0 Å². The summed E-state index contributed by atoms with van der Waals surface area (Å²) < 4.78 is 0.0303. The van der Waals surface area contributed by atoms with Crippen molar-refractivity contribution < 1.29 is 15.6 Å². The molecule has 10 rings (SSSR count). The zero-order valence-corrected chi connectivity index (χ0v) is 39.3. The molecular weight excluding hydrogens is 839 g/mol. The molecule has 0 nitrogen and oxygen atoms in total. The Balaban J connectivity index is 1.21. The van der Waals surface area contributed by atoms with Crippen LogP contribution in [-0.4, -0.2) is 5.92 Å². The summed E-state index contributed by atoms with van der Waals surface area (Å²) in [5.41, 5.74) is 13.2. The molecular formula is C54H49Cl2SiZr. The van der Waals surface area contributed by atoms with Gasteiger partial charge in [0.15, 0.2) is 0 Å². The van der Waals surface area contributed by atoms with E-state index in [2.05, 4.69) is 199 Å². The van der Waals surface area contributed by atoms with E-state index in [1.165, 1.54) is 98.7 Å². The summed E-state index contributed by atoms with van der Waals surface area (Å²) >= 11 is -5.08. The second kappa shape index (κ2) is 14.0. The minimum absolute atomic E-state index is 0.0152. The predicted octanol–water partition coefficient (Wildman–Crippen LogP) is 16.5. The fourth-order valence-corrected chi connectivity index (χ4v) is 42.4. The van der Waals surface area contributed by atoms with Crippen LogP contribution in [0.25, 0.3) is 77.5 Å². The number of benzene rings is 8. The molecule has 2 aliphatic carbocycles. The van der Waals surface area contributed by atoms with Gasteiger partial charge in [-0.2, -0.15) is 0 Å². The maximum atomic E-state index is 8.97. The predicted molar refractivity (Wildman–Crippen MR) is 255 cm³/mol. The van der Waals surface area contributed by atoms with E-state index >= 15 is 0 Å². The summed E-state index contributed by atoms with van der Waals surface area (Å²) in [7, 11) is 17.9. The fourth-order valence-electron chi connectivity index (χ4n) is 10.9. The average molecular weight is 888 g/mol. The molecule has 0 fully saturated rings. The minimum atomic E-state index is -5.08. The van der Waals surface area contributed by atoms with Gasteiger partial charge in [0.05, 0.1) is 0 Å². The van der Waals surface area contributed by atoms with Gasteiger partial charge in [0, 0.05) is 0 Å². The standard InChI is InChI=1S/2C26H21.C2H7Si.2ClH.Zr/c2*1-17(2)20-14-18-9-7-13-24(25(18)16-20)26-15-19-8-3-4-10-21(19)22-11-5-6-12-23(22)26;1-3-2;;;/h2*3-17H,1-2H3;3H,1-2H3;2*1H;/q;;;;;+2/p-2. The van der Waals surface area contributed by atoms with E-state index in [-0.39, 0.29) is 7.25 Å². The second-order valence-corrected chi connectivity index (χ2v) is 60.4. The number of hydrogen-bond donors (Lipinski definition) is 0. The third-order valence-electron chi connectivity index (χ3n) is 13.8. The van der Waals surface area contributed by atoms with Crippen LogP contribution in [0.5, 0.6) is 0 Å². The van der Waals surface area contributed by atoms with Crippen molar-refractivity contribution in [3.8, 4) is 22.3 Å². The molecule has 0 saturated heterocycles. The first-order valence-electron chi connectivity index (χ1n) is 21.0. The molecule has 2 unspecified atom stereocenters. The first-order chi connectivity index (χ1) is 28.0. The van der Waals surface area contributed by atoms with Gasteiger partial charge in [-0.3, -0.25) is 0 Å². The molecule has 0 aliphatic heterocycles. The number of allylic oxidation sites excluding steroid dienone is 2. The Morgan fingerprint density at radius 2 is 0.793 bits per heavy atom.